The highest BCUT2D eigenvalue weighted by atomic mass is 16.5. The molecule has 0 aromatic carbocycles. The van der Waals surface area contributed by atoms with E-state index >= 15 is 0 Å². The van der Waals surface area contributed by atoms with Gasteiger partial charge >= 0.3 is 0 Å². The molecule has 0 aromatic heterocycles. The van der Waals surface area contributed by atoms with E-state index in [1.807, 2.05) is 0 Å². The fourth-order valence-corrected chi connectivity index (χ4v) is 2.79. The molecule has 1 fully saturated rings. The van der Waals surface area contributed by atoms with Gasteiger partial charge in [-0.05, 0) is 38.6 Å². The number of nitrogens with zero attached hydrogens (tertiary/aromatic N) is 1. The van der Waals surface area contributed by atoms with Crippen LogP contribution in [0.4, 0.5) is 0 Å². The van der Waals surface area contributed by atoms with Gasteiger partial charge in [-0.3, -0.25) is 4.90 Å². The Bertz CT molecular complexity index is 223. The predicted molar refractivity (Wildman–Crippen MR) is 78.0 cm³/mol. The number of nitrogens with one attached hydrogen (secondary N) is 1. The van der Waals surface area contributed by atoms with Crippen molar-refractivity contribution in [3.63, 3.8) is 0 Å². The highest BCUT2D eigenvalue weighted by molar-refractivity contribution is 4.85. The largest absolute Gasteiger partial charge is 0.379 e. The van der Waals surface area contributed by atoms with Crippen LogP contribution in [0.5, 0.6) is 0 Å². The molecule has 1 aliphatic rings. The first kappa shape index (κ1) is 15.9. The summed E-state index contributed by atoms with van der Waals surface area (Å²) < 4.78 is 5.42. The third kappa shape index (κ3) is 5.68. The minimum atomic E-state index is 0.237. The monoisotopic (exact) mass is 256 g/mol. The lowest BCUT2D eigenvalue weighted by Gasteiger charge is -2.41. The minimum absolute atomic E-state index is 0.237. The molecule has 0 radical (unpaired) electrons. The van der Waals surface area contributed by atoms with Crippen LogP contribution in [-0.2, 0) is 4.74 Å². The van der Waals surface area contributed by atoms with Gasteiger partial charge in [-0.25, -0.2) is 0 Å². The van der Waals surface area contributed by atoms with Gasteiger partial charge in [0.05, 0.1) is 13.2 Å². The zero-order valence-electron chi connectivity index (χ0n) is 13.0. The van der Waals surface area contributed by atoms with Crippen molar-refractivity contribution < 1.29 is 4.74 Å². The average Bonchev–Trinajstić information content (AvgIpc) is 2.29. The Hall–Kier alpha value is -0.120. The van der Waals surface area contributed by atoms with E-state index in [1.165, 1.54) is 6.42 Å². The lowest BCUT2D eigenvalue weighted by Crippen LogP contribution is -2.55. The second-order valence-corrected chi connectivity index (χ2v) is 6.78. The lowest BCUT2D eigenvalue weighted by molar-refractivity contribution is -0.00977. The van der Waals surface area contributed by atoms with Gasteiger partial charge in [0.1, 0.15) is 0 Å². The van der Waals surface area contributed by atoms with Crippen LogP contribution < -0.4 is 5.32 Å². The number of morpholine rings is 1. The van der Waals surface area contributed by atoms with Crippen molar-refractivity contribution in [1.29, 1.82) is 0 Å². The number of hydrogen-bond donors (Lipinski definition) is 1. The molecule has 1 N–H and O–H groups in total. The second kappa shape index (κ2) is 7.46. The van der Waals surface area contributed by atoms with E-state index in [-0.39, 0.29) is 5.54 Å². The Morgan fingerprint density at radius 3 is 2.33 bits per heavy atom. The van der Waals surface area contributed by atoms with Crippen molar-refractivity contribution in [2.24, 2.45) is 11.8 Å². The van der Waals surface area contributed by atoms with Crippen LogP contribution in [0.15, 0.2) is 0 Å². The van der Waals surface area contributed by atoms with E-state index in [4.69, 9.17) is 4.74 Å². The SMILES string of the molecule is CC(C)CC(C)CNCC(C)(C)N1CCOCC1. The molecule has 1 atom stereocenters. The molecule has 0 aromatic rings. The quantitative estimate of drug-likeness (QED) is 0.757. The van der Waals surface area contributed by atoms with Crippen LogP contribution in [0.25, 0.3) is 0 Å². The van der Waals surface area contributed by atoms with Gasteiger partial charge in [-0.15, -0.1) is 0 Å². The second-order valence-electron chi connectivity index (χ2n) is 6.78. The summed E-state index contributed by atoms with van der Waals surface area (Å²) in [5, 5.41) is 3.65. The first-order valence-electron chi connectivity index (χ1n) is 7.45. The van der Waals surface area contributed by atoms with E-state index in [1.54, 1.807) is 0 Å². The molecular weight excluding hydrogens is 224 g/mol. The van der Waals surface area contributed by atoms with E-state index in [0.717, 1.165) is 51.2 Å². The summed E-state index contributed by atoms with van der Waals surface area (Å²) in [7, 11) is 0. The first-order chi connectivity index (χ1) is 8.42. The van der Waals surface area contributed by atoms with Crippen LogP contribution in [-0.4, -0.2) is 49.8 Å². The van der Waals surface area contributed by atoms with Crippen LogP contribution in [0, 0.1) is 11.8 Å². The Morgan fingerprint density at radius 1 is 1.17 bits per heavy atom. The van der Waals surface area contributed by atoms with Crippen LogP contribution in [0.3, 0.4) is 0 Å². The molecule has 0 amide bonds. The van der Waals surface area contributed by atoms with Crippen molar-refractivity contribution >= 4 is 0 Å². The Morgan fingerprint density at radius 2 is 1.78 bits per heavy atom. The van der Waals surface area contributed by atoms with Crippen LogP contribution >= 0.6 is 0 Å². The summed E-state index contributed by atoms with van der Waals surface area (Å²) in [5.74, 6) is 1.57. The maximum Gasteiger partial charge on any atom is 0.0594 e. The zero-order chi connectivity index (χ0) is 13.6. The molecule has 0 spiro atoms. The van der Waals surface area contributed by atoms with Crippen molar-refractivity contribution in [3.8, 4) is 0 Å². The van der Waals surface area contributed by atoms with Gasteiger partial charge in [0, 0.05) is 25.2 Å². The molecule has 1 rings (SSSR count). The highest BCUT2D eigenvalue weighted by Gasteiger charge is 2.27. The summed E-state index contributed by atoms with van der Waals surface area (Å²) >= 11 is 0. The Balaban J connectivity index is 2.23. The summed E-state index contributed by atoms with van der Waals surface area (Å²) in [4.78, 5) is 2.54. The van der Waals surface area contributed by atoms with E-state index in [2.05, 4.69) is 44.8 Å². The van der Waals surface area contributed by atoms with Gasteiger partial charge in [0.25, 0.3) is 0 Å². The van der Waals surface area contributed by atoms with Crippen molar-refractivity contribution in [3.05, 3.63) is 0 Å². The van der Waals surface area contributed by atoms with Crippen molar-refractivity contribution in [2.75, 3.05) is 39.4 Å². The topological polar surface area (TPSA) is 24.5 Å². The molecule has 1 heterocycles. The molecule has 1 unspecified atom stereocenters. The lowest BCUT2D eigenvalue weighted by atomic mass is 9.98. The number of ether oxygens (including phenoxy) is 1. The molecule has 108 valence electrons. The molecule has 18 heavy (non-hydrogen) atoms. The predicted octanol–water partition coefficient (Wildman–Crippen LogP) is 2.37. The summed E-state index contributed by atoms with van der Waals surface area (Å²) in [6, 6.07) is 0. The number of hydrogen-bond acceptors (Lipinski definition) is 3. The maximum atomic E-state index is 5.42. The molecule has 1 saturated heterocycles. The molecule has 1 aliphatic heterocycles. The normalized spacial score (nSPS) is 20.3. The van der Waals surface area contributed by atoms with Gasteiger partial charge in [-0.1, -0.05) is 20.8 Å². The van der Waals surface area contributed by atoms with E-state index in [9.17, 15) is 0 Å². The zero-order valence-corrected chi connectivity index (χ0v) is 13.0. The Kier molecular flexibility index (Phi) is 6.61. The molecular formula is C15H32N2O. The molecule has 0 bridgehead atoms. The van der Waals surface area contributed by atoms with Crippen LogP contribution in [0.1, 0.15) is 41.0 Å². The number of rotatable bonds is 7. The third-order valence-corrected chi connectivity index (χ3v) is 3.79. The van der Waals surface area contributed by atoms with Gasteiger partial charge in [0.2, 0.25) is 0 Å². The van der Waals surface area contributed by atoms with Gasteiger partial charge in [-0.2, -0.15) is 0 Å². The molecule has 3 heteroatoms. The summed E-state index contributed by atoms with van der Waals surface area (Å²) in [5.41, 5.74) is 0.237. The fourth-order valence-electron chi connectivity index (χ4n) is 2.79. The summed E-state index contributed by atoms with van der Waals surface area (Å²) in [6.07, 6.45) is 1.31. The molecule has 0 saturated carbocycles. The van der Waals surface area contributed by atoms with Gasteiger partial charge < -0.3 is 10.1 Å². The van der Waals surface area contributed by atoms with Crippen molar-refractivity contribution in [1.82, 2.24) is 10.2 Å². The highest BCUT2D eigenvalue weighted by Crippen LogP contribution is 2.16. The third-order valence-electron chi connectivity index (χ3n) is 3.79. The van der Waals surface area contributed by atoms with Crippen molar-refractivity contribution in [2.45, 2.75) is 46.6 Å². The maximum absolute atomic E-state index is 5.42. The van der Waals surface area contributed by atoms with E-state index in [0.29, 0.717) is 0 Å². The molecule has 3 nitrogen and oxygen atoms in total. The van der Waals surface area contributed by atoms with Gasteiger partial charge in [0.15, 0.2) is 0 Å². The average molecular weight is 256 g/mol. The standard InChI is InChI=1S/C15H32N2O/c1-13(2)10-14(3)11-16-12-15(4,5)17-6-8-18-9-7-17/h13-14,16H,6-12H2,1-5H3. The fraction of sp³-hybridized carbons (Fsp3) is 1.00. The molecule has 0 aliphatic carbocycles. The first-order valence-corrected chi connectivity index (χ1v) is 7.45. The van der Waals surface area contributed by atoms with E-state index < -0.39 is 0 Å². The van der Waals surface area contributed by atoms with Crippen LogP contribution in [0.2, 0.25) is 0 Å². The smallest absolute Gasteiger partial charge is 0.0594 e. The summed E-state index contributed by atoms with van der Waals surface area (Å²) in [6.45, 7) is 17.7. The minimum Gasteiger partial charge on any atom is -0.379 e. The Labute approximate surface area is 113 Å².